The zero-order valence-electron chi connectivity index (χ0n) is 14.3. The summed E-state index contributed by atoms with van der Waals surface area (Å²) < 4.78 is 6.06. The van der Waals surface area contributed by atoms with Gasteiger partial charge in [0.05, 0.1) is 12.1 Å². The number of rotatable bonds is 1. The summed E-state index contributed by atoms with van der Waals surface area (Å²) in [7, 11) is 0. The van der Waals surface area contributed by atoms with Crippen LogP contribution in [0, 0.1) is 0 Å². The molecule has 130 valence electrons. The number of para-hydroxylation sites is 1. The molecular formula is C19H20N2O3S. The number of nitrogens with one attached hydrogen (secondary N) is 1. The minimum absolute atomic E-state index is 0.0222. The van der Waals surface area contributed by atoms with Gasteiger partial charge in [0.15, 0.2) is 5.75 Å². The zero-order chi connectivity index (χ0) is 17.6. The van der Waals surface area contributed by atoms with Gasteiger partial charge < -0.3 is 15.0 Å². The maximum atomic E-state index is 11.9. The molecule has 2 amide bonds. The number of thiophene rings is 1. The van der Waals surface area contributed by atoms with E-state index in [2.05, 4.69) is 11.4 Å². The largest absolute Gasteiger partial charge is 0.487 e. The van der Waals surface area contributed by atoms with Crippen LogP contribution >= 0.6 is 11.3 Å². The Kier molecular flexibility index (Phi) is 4.00. The van der Waals surface area contributed by atoms with Crippen LogP contribution in [0.25, 0.3) is 10.4 Å². The molecule has 0 radical (unpaired) electrons. The standard InChI is InChI=1S/C19H20N2O3S/c1-11-8-18(23)20-15-5-3-4-14(19(15)24-11)17-9-13-10-21(12(2)22)7-6-16(13)25-17/h3-5,9,11H,6-8,10H2,1-2H3,(H,20,23)/t11-/m1/s1. The maximum absolute atomic E-state index is 11.9. The Hall–Kier alpha value is -2.34. The molecule has 0 saturated carbocycles. The number of hydrogen-bond acceptors (Lipinski definition) is 4. The molecule has 6 heteroatoms. The summed E-state index contributed by atoms with van der Waals surface area (Å²) in [6, 6.07) is 8.00. The monoisotopic (exact) mass is 356 g/mol. The Bertz CT molecular complexity index is 858. The summed E-state index contributed by atoms with van der Waals surface area (Å²) in [6.07, 6.45) is 1.08. The summed E-state index contributed by atoms with van der Waals surface area (Å²) in [4.78, 5) is 27.9. The number of ether oxygens (including phenoxy) is 1. The van der Waals surface area contributed by atoms with Crippen molar-refractivity contribution in [1.82, 2.24) is 4.90 Å². The van der Waals surface area contributed by atoms with Crippen molar-refractivity contribution in [3.63, 3.8) is 0 Å². The predicted octanol–water partition coefficient (Wildman–Crippen LogP) is 3.43. The Morgan fingerprint density at radius 3 is 3.04 bits per heavy atom. The third kappa shape index (κ3) is 3.02. The van der Waals surface area contributed by atoms with Crippen LogP contribution in [-0.4, -0.2) is 29.4 Å². The first-order valence-electron chi connectivity index (χ1n) is 8.48. The van der Waals surface area contributed by atoms with Crippen molar-refractivity contribution in [3.8, 4) is 16.2 Å². The van der Waals surface area contributed by atoms with E-state index in [9.17, 15) is 9.59 Å². The van der Waals surface area contributed by atoms with E-state index in [0.717, 1.165) is 34.8 Å². The van der Waals surface area contributed by atoms with Gasteiger partial charge in [-0.2, -0.15) is 0 Å². The van der Waals surface area contributed by atoms with Crippen molar-refractivity contribution >= 4 is 28.8 Å². The van der Waals surface area contributed by atoms with Gasteiger partial charge in [-0.1, -0.05) is 6.07 Å². The molecule has 0 aliphatic carbocycles. The number of fused-ring (bicyclic) bond motifs is 2. The highest BCUT2D eigenvalue weighted by Gasteiger charge is 2.25. The van der Waals surface area contributed by atoms with Crippen LogP contribution in [-0.2, 0) is 22.6 Å². The van der Waals surface area contributed by atoms with Gasteiger partial charge in [-0.05, 0) is 37.1 Å². The summed E-state index contributed by atoms with van der Waals surface area (Å²) in [5, 5.41) is 2.93. The number of carbonyl (C=O) groups is 2. The van der Waals surface area contributed by atoms with E-state index >= 15 is 0 Å². The number of carbonyl (C=O) groups excluding carboxylic acids is 2. The van der Waals surface area contributed by atoms with E-state index in [1.807, 2.05) is 30.0 Å². The molecular weight excluding hydrogens is 336 g/mol. The molecule has 0 unspecified atom stereocenters. The molecule has 0 bridgehead atoms. The van der Waals surface area contributed by atoms with Gasteiger partial charge in [0.25, 0.3) is 0 Å². The average Bonchev–Trinajstić information content (AvgIpc) is 2.92. The van der Waals surface area contributed by atoms with Gasteiger partial charge in [-0.3, -0.25) is 9.59 Å². The Morgan fingerprint density at radius 1 is 1.40 bits per heavy atom. The lowest BCUT2D eigenvalue weighted by atomic mass is 10.1. The molecule has 2 aliphatic rings. The summed E-state index contributed by atoms with van der Waals surface area (Å²) >= 11 is 1.75. The molecule has 0 fully saturated rings. The predicted molar refractivity (Wildman–Crippen MR) is 97.9 cm³/mol. The van der Waals surface area contributed by atoms with E-state index in [4.69, 9.17) is 4.74 Å². The second kappa shape index (κ2) is 6.19. The maximum Gasteiger partial charge on any atom is 0.228 e. The van der Waals surface area contributed by atoms with Gasteiger partial charge in [0, 0.05) is 35.3 Å². The van der Waals surface area contributed by atoms with E-state index in [1.165, 1.54) is 10.4 Å². The van der Waals surface area contributed by atoms with Crippen LogP contribution in [0.5, 0.6) is 5.75 Å². The van der Waals surface area contributed by atoms with E-state index in [1.54, 1.807) is 18.3 Å². The summed E-state index contributed by atoms with van der Waals surface area (Å²) in [5.41, 5.74) is 2.94. The fourth-order valence-electron chi connectivity index (χ4n) is 3.40. The van der Waals surface area contributed by atoms with E-state index in [-0.39, 0.29) is 17.9 Å². The molecule has 0 spiro atoms. The molecule has 1 atom stereocenters. The van der Waals surface area contributed by atoms with Crippen LogP contribution in [0.2, 0.25) is 0 Å². The van der Waals surface area contributed by atoms with Crippen molar-refractivity contribution in [1.29, 1.82) is 0 Å². The van der Waals surface area contributed by atoms with Crippen LogP contribution in [0.1, 0.15) is 30.7 Å². The van der Waals surface area contributed by atoms with E-state index < -0.39 is 0 Å². The molecule has 5 nitrogen and oxygen atoms in total. The fraction of sp³-hybridized carbons (Fsp3) is 0.368. The zero-order valence-corrected chi connectivity index (χ0v) is 15.1. The van der Waals surface area contributed by atoms with Crippen molar-refractivity contribution in [2.24, 2.45) is 0 Å². The molecule has 1 N–H and O–H groups in total. The number of hydrogen-bond donors (Lipinski definition) is 1. The molecule has 3 heterocycles. The Labute approximate surface area is 150 Å². The van der Waals surface area contributed by atoms with Crippen LogP contribution in [0.3, 0.4) is 0 Å². The molecule has 1 aromatic carbocycles. The molecule has 4 rings (SSSR count). The highest BCUT2D eigenvalue weighted by Crippen LogP contribution is 2.43. The lowest BCUT2D eigenvalue weighted by Gasteiger charge is -2.25. The lowest BCUT2D eigenvalue weighted by molar-refractivity contribution is -0.129. The molecule has 2 aliphatic heterocycles. The van der Waals surface area contributed by atoms with Gasteiger partial charge in [0.1, 0.15) is 6.10 Å². The van der Waals surface area contributed by atoms with Gasteiger partial charge >= 0.3 is 0 Å². The average molecular weight is 356 g/mol. The molecule has 2 aromatic rings. The normalized spacial score (nSPS) is 19.4. The lowest BCUT2D eigenvalue weighted by Crippen LogP contribution is -2.33. The van der Waals surface area contributed by atoms with Crippen LogP contribution in [0.4, 0.5) is 5.69 Å². The number of benzene rings is 1. The smallest absolute Gasteiger partial charge is 0.228 e. The highest BCUT2D eigenvalue weighted by molar-refractivity contribution is 7.15. The minimum atomic E-state index is -0.162. The highest BCUT2D eigenvalue weighted by atomic mass is 32.1. The second-order valence-corrected chi connectivity index (χ2v) is 7.75. The van der Waals surface area contributed by atoms with Crippen molar-refractivity contribution in [2.45, 2.75) is 39.3 Å². The fourth-order valence-corrected chi connectivity index (χ4v) is 4.58. The topological polar surface area (TPSA) is 58.6 Å². The van der Waals surface area contributed by atoms with Crippen molar-refractivity contribution in [2.75, 3.05) is 11.9 Å². The quantitative estimate of drug-likeness (QED) is 0.852. The third-order valence-corrected chi connectivity index (χ3v) is 5.93. The molecule has 1 aromatic heterocycles. The first kappa shape index (κ1) is 16.1. The number of nitrogens with zero attached hydrogens (tertiary/aromatic N) is 1. The first-order valence-corrected chi connectivity index (χ1v) is 9.30. The Morgan fingerprint density at radius 2 is 2.24 bits per heavy atom. The van der Waals surface area contributed by atoms with Crippen LogP contribution in [0.15, 0.2) is 24.3 Å². The van der Waals surface area contributed by atoms with Gasteiger partial charge in [-0.15, -0.1) is 11.3 Å². The first-order chi connectivity index (χ1) is 12.0. The summed E-state index contributed by atoms with van der Waals surface area (Å²) in [6.45, 7) is 4.98. The molecule has 0 saturated heterocycles. The van der Waals surface area contributed by atoms with Crippen molar-refractivity contribution < 1.29 is 14.3 Å². The van der Waals surface area contributed by atoms with Crippen LogP contribution < -0.4 is 10.1 Å². The van der Waals surface area contributed by atoms with E-state index in [0.29, 0.717) is 13.0 Å². The second-order valence-electron chi connectivity index (χ2n) is 6.61. The van der Waals surface area contributed by atoms with Crippen molar-refractivity contribution in [3.05, 3.63) is 34.7 Å². The minimum Gasteiger partial charge on any atom is -0.487 e. The number of anilines is 1. The summed E-state index contributed by atoms with van der Waals surface area (Å²) in [5.74, 6) is 0.834. The third-order valence-electron chi connectivity index (χ3n) is 4.66. The molecule has 25 heavy (non-hydrogen) atoms. The number of amides is 2. The van der Waals surface area contributed by atoms with Gasteiger partial charge in [0.2, 0.25) is 11.8 Å². The SMILES string of the molecule is CC(=O)N1CCc2sc(-c3cccc4c3O[C@H](C)CC(=O)N4)cc2C1. The van der Waals surface area contributed by atoms with Gasteiger partial charge in [-0.25, -0.2) is 0 Å². The Balaban J connectivity index is 1.74.